The number of hydrogen-bond acceptors (Lipinski definition) is 7. The van der Waals surface area contributed by atoms with E-state index in [1.807, 2.05) is 12.1 Å². The van der Waals surface area contributed by atoms with E-state index in [-0.39, 0.29) is 29.3 Å². The summed E-state index contributed by atoms with van der Waals surface area (Å²) in [5.41, 5.74) is 3.58. The fourth-order valence-corrected chi connectivity index (χ4v) is 6.39. The molecule has 0 spiro atoms. The van der Waals surface area contributed by atoms with Crippen LogP contribution < -0.4 is 4.74 Å². The molecule has 7 rings (SSSR count). The van der Waals surface area contributed by atoms with Crippen molar-refractivity contribution in [3.8, 4) is 11.9 Å². The smallest absolute Gasteiger partial charge is 0.335 e. The molecule has 3 atom stereocenters. The number of halogens is 1. The lowest BCUT2D eigenvalue weighted by Gasteiger charge is -2.32. The summed E-state index contributed by atoms with van der Waals surface area (Å²) in [4.78, 5) is 23.8. The summed E-state index contributed by atoms with van der Waals surface area (Å²) < 4.78 is 28.0. The predicted octanol–water partition coefficient (Wildman–Crippen LogP) is 4.67. The van der Waals surface area contributed by atoms with Crippen molar-refractivity contribution in [1.82, 2.24) is 19.4 Å². The van der Waals surface area contributed by atoms with Crippen LogP contribution in [0.25, 0.3) is 11.0 Å². The van der Waals surface area contributed by atoms with Crippen LogP contribution in [0.4, 0.5) is 4.39 Å². The minimum Gasteiger partial charge on any atom is -0.478 e. The van der Waals surface area contributed by atoms with Crippen molar-refractivity contribution >= 4 is 17.0 Å². The number of imidazole rings is 1. The molecule has 0 radical (unpaired) electrons. The summed E-state index contributed by atoms with van der Waals surface area (Å²) in [6, 6.07) is 17.2. The Kier molecular flexibility index (Phi) is 6.64. The van der Waals surface area contributed by atoms with Crippen LogP contribution in [0, 0.1) is 23.1 Å². The highest BCUT2D eigenvalue weighted by Crippen LogP contribution is 2.59. The Balaban J connectivity index is 1.04. The first-order chi connectivity index (χ1) is 20.4. The number of aromatic nitrogens is 3. The number of aromatic carboxylic acids is 1. The molecule has 3 aliphatic rings. The monoisotopic (exact) mass is 567 g/mol. The third kappa shape index (κ3) is 4.89. The number of benzene rings is 2. The summed E-state index contributed by atoms with van der Waals surface area (Å²) >= 11 is 0. The number of fused-ring (bicyclic) bond motifs is 2. The second kappa shape index (κ2) is 10.5. The number of likely N-dealkylation sites (tertiary alicyclic amines) is 1. The standard InChI is InChI=1S/C32H30FN5O4/c33-25-12-20(15-34)4-5-22(25)19-42-30-3-1-2-28(36-30)32-9-10-37(16-23(32)14-32)18-29-35-26-7-6-21(31(39)40)13-27(26)38(29)17-24-8-11-41-24/h1-7,12-13,23-24H,8-11,14,16-19H2,(H,39,40). The molecule has 0 amide bonds. The highest BCUT2D eigenvalue weighted by molar-refractivity contribution is 5.92. The minimum atomic E-state index is -0.948. The number of hydrogen-bond donors (Lipinski definition) is 1. The van der Waals surface area contributed by atoms with Gasteiger partial charge in [-0.15, -0.1) is 0 Å². The van der Waals surface area contributed by atoms with Gasteiger partial charge in [0.25, 0.3) is 0 Å². The van der Waals surface area contributed by atoms with E-state index in [4.69, 9.17) is 24.7 Å². The van der Waals surface area contributed by atoms with Crippen molar-refractivity contribution in [2.75, 3.05) is 19.7 Å². The predicted molar refractivity (Wildman–Crippen MR) is 150 cm³/mol. The van der Waals surface area contributed by atoms with E-state index < -0.39 is 11.8 Å². The maximum Gasteiger partial charge on any atom is 0.335 e. The molecule has 2 aliphatic heterocycles. The number of carboxylic acid groups (broad SMARTS) is 1. The molecule has 4 aromatic rings. The fraction of sp³-hybridized carbons (Fsp3) is 0.375. The average Bonchev–Trinajstić information content (AvgIpc) is 3.62. The average molecular weight is 568 g/mol. The number of piperidine rings is 1. The Hall–Kier alpha value is -4.33. The van der Waals surface area contributed by atoms with E-state index in [1.54, 1.807) is 36.4 Å². The first-order valence-corrected chi connectivity index (χ1v) is 14.3. The van der Waals surface area contributed by atoms with Crippen molar-refractivity contribution in [3.05, 3.63) is 88.6 Å². The molecule has 214 valence electrons. The van der Waals surface area contributed by atoms with Crippen LogP contribution in [0.2, 0.25) is 0 Å². The quantitative estimate of drug-likeness (QED) is 0.310. The first-order valence-electron chi connectivity index (χ1n) is 14.3. The van der Waals surface area contributed by atoms with E-state index in [2.05, 4.69) is 15.5 Å². The number of rotatable bonds is 9. The fourth-order valence-electron chi connectivity index (χ4n) is 6.39. The van der Waals surface area contributed by atoms with E-state index in [9.17, 15) is 14.3 Å². The maximum atomic E-state index is 14.3. The van der Waals surface area contributed by atoms with Gasteiger partial charge in [-0.1, -0.05) is 12.1 Å². The zero-order valence-electron chi connectivity index (χ0n) is 23.0. The van der Waals surface area contributed by atoms with Gasteiger partial charge in [0.15, 0.2) is 0 Å². The van der Waals surface area contributed by atoms with Gasteiger partial charge in [-0.2, -0.15) is 5.26 Å². The molecule has 2 aromatic carbocycles. The second-order valence-corrected chi connectivity index (χ2v) is 11.5. The molecule has 1 saturated carbocycles. The van der Waals surface area contributed by atoms with Crippen LogP contribution in [0.15, 0.2) is 54.6 Å². The largest absolute Gasteiger partial charge is 0.478 e. The van der Waals surface area contributed by atoms with Crippen LogP contribution in [0.5, 0.6) is 5.88 Å². The molecule has 0 bridgehead atoms. The molecule has 4 heterocycles. The molecule has 3 unspecified atom stereocenters. The summed E-state index contributed by atoms with van der Waals surface area (Å²) in [5.74, 6) is 0.452. The summed E-state index contributed by atoms with van der Waals surface area (Å²) in [7, 11) is 0. The number of carboxylic acids is 1. The molecule has 1 aliphatic carbocycles. The number of ether oxygens (including phenoxy) is 2. The zero-order valence-corrected chi connectivity index (χ0v) is 23.0. The van der Waals surface area contributed by atoms with Gasteiger partial charge in [0.1, 0.15) is 18.2 Å². The molecule has 10 heteroatoms. The van der Waals surface area contributed by atoms with Crippen molar-refractivity contribution in [1.29, 1.82) is 5.26 Å². The van der Waals surface area contributed by atoms with E-state index >= 15 is 0 Å². The SMILES string of the molecule is N#Cc1ccc(COc2cccc(C34CCN(Cc5nc6ccc(C(=O)O)cc6n5CC5CCO5)CC3C4)n2)c(F)c1. The van der Waals surface area contributed by atoms with Crippen molar-refractivity contribution in [3.63, 3.8) is 0 Å². The summed E-state index contributed by atoms with van der Waals surface area (Å²) in [6.07, 6.45) is 3.14. The Morgan fingerprint density at radius 1 is 1.21 bits per heavy atom. The molecular weight excluding hydrogens is 537 g/mol. The number of pyridine rings is 1. The maximum absolute atomic E-state index is 14.3. The minimum absolute atomic E-state index is 0.0197. The Labute approximate surface area is 242 Å². The van der Waals surface area contributed by atoms with E-state index in [1.165, 1.54) is 6.07 Å². The van der Waals surface area contributed by atoms with Crippen LogP contribution in [0.1, 0.15) is 52.3 Å². The van der Waals surface area contributed by atoms with Gasteiger partial charge in [-0.25, -0.2) is 19.2 Å². The van der Waals surface area contributed by atoms with Crippen LogP contribution in [0.3, 0.4) is 0 Å². The molecule has 9 nitrogen and oxygen atoms in total. The lowest BCUT2D eigenvalue weighted by atomic mass is 9.91. The second-order valence-electron chi connectivity index (χ2n) is 11.5. The number of nitrogens with zero attached hydrogens (tertiary/aromatic N) is 5. The lowest BCUT2D eigenvalue weighted by Crippen LogP contribution is -2.37. The molecule has 2 saturated heterocycles. The van der Waals surface area contributed by atoms with Gasteiger partial charge in [-0.3, -0.25) is 4.90 Å². The van der Waals surface area contributed by atoms with Gasteiger partial charge in [0, 0.05) is 30.2 Å². The van der Waals surface area contributed by atoms with Crippen molar-refractivity contribution < 1.29 is 23.8 Å². The normalized spacial score (nSPS) is 23.1. The number of nitriles is 1. The molecular formula is C32H30FN5O4. The summed E-state index contributed by atoms with van der Waals surface area (Å²) in [5, 5.41) is 18.5. The highest BCUT2D eigenvalue weighted by atomic mass is 19.1. The zero-order chi connectivity index (χ0) is 28.8. The van der Waals surface area contributed by atoms with Crippen LogP contribution in [-0.2, 0) is 29.8 Å². The third-order valence-electron chi connectivity index (χ3n) is 8.99. The van der Waals surface area contributed by atoms with Gasteiger partial charge in [0.05, 0.1) is 53.1 Å². The van der Waals surface area contributed by atoms with Crippen molar-refractivity contribution in [2.45, 2.75) is 50.5 Å². The molecule has 2 aromatic heterocycles. The van der Waals surface area contributed by atoms with E-state index in [0.29, 0.717) is 30.5 Å². The van der Waals surface area contributed by atoms with Crippen LogP contribution >= 0.6 is 0 Å². The lowest BCUT2D eigenvalue weighted by molar-refractivity contribution is -0.0592. The third-order valence-corrected chi connectivity index (χ3v) is 8.99. The van der Waals surface area contributed by atoms with E-state index in [0.717, 1.165) is 61.5 Å². The van der Waals surface area contributed by atoms with Gasteiger partial charge in [0.2, 0.25) is 5.88 Å². The van der Waals surface area contributed by atoms with Crippen molar-refractivity contribution in [2.24, 2.45) is 5.92 Å². The topological polar surface area (TPSA) is 114 Å². The Bertz CT molecular complexity index is 1730. The molecule has 3 fully saturated rings. The Morgan fingerprint density at radius 3 is 2.83 bits per heavy atom. The Morgan fingerprint density at radius 2 is 2.10 bits per heavy atom. The summed E-state index contributed by atoms with van der Waals surface area (Å²) in [6.45, 7) is 3.97. The van der Waals surface area contributed by atoms with Gasteiger partial charge >= 0.3 is 5.97 Å². The molecule has 42 heavy (non-hydrogen) atoms. The first kappa shape index (κ1) is 26.6. The molecule has 1 N–H and O–H groups in total. The highest BCUT2D eigenvalue weighted by Gasteiger charge is 2.58. The van der Waals surface area contributed by atoms with Gasteiger partial charge in [-0.05, 0) is 68.1 Å². The number of carbonyl (C=O) groups is 1. The van der Waals surface area contributed by atoms with Crippen LogP contribution in [-0.4, -0.2) is 56.3 Å². The van der Waals surface area contributed by atoms with Gasteiger partial charge < -0.3 is 19.1 Å².